The van der Waals surface area contributed by atoms with E-state index in [1.807, 2.05) is 6.07 Å². The summed E-state index contributed by atoms with van der Waals surface area (Å²) in [5, 5.41) is 7.26. The minimum Gasteiger partial charge on any atom is -0.355 e. The lowest BCUT2D eigenvalue weighted by Crippen LogP contribution is -2.51. The third-order valence-electron chi connectivity index (χ3n) is 2.89. The third-order valence-corrected chi connectivity index (χ3v) is 3.60. The van der Waals surface area contributed by atoms with Crippen LogP contribution in [0.25, 0.3) is 0 Å². The van der Waals surface area contributed by atoms with E-state index in [-0.39, 0.29) is 11.8 Å². The van der Waals surface area contributed by atoms with Crippen molar-refractivity contribution >= 4 is 29.1 Å². The van der Waals surface area contributed by atoms with Crippen LogP contribution in [0.3, 0.4) is 0 Å². The van der Waals surface area contributed by atoms with Crippen LogP contribution in [-0.4, -0.2) is 25.5 Å². The highest BCUT2D eigenvalue weighted by Crippen LogP contribution is 2.24. The molecule has 0 radical (unpaired) electrons. The fourth-order valence-corrected chi connectivity index (χ4v) is 2.29. The molecule has 17 heavy (non-hydrogen) atoms. The zero-order valence-electron chi connectivity index (χ0n) is 9.30. The van der Waals surface area contributed by atoms with Crippen molar-refractivity contribution in [1.82, 2.24) is 10.6 Å². The number of nitrogens with one attached hydrogen (secondary N) is 2. The molecule has 0 bridgehead atoms. The Morgan fingerprint density at radius 2 is 2.00 bits per heavy atom. The SMILES string of the molecule is O=C(NCCc1c(Cl)cccc1Cl)C1CNC1. The number of carbonyl (C=O) groups is 1. The summed E-state index contributed by atoms with van der Waals surface area (Å²) in [7, 11) is 0. The smallest absolute Gasteiger partial charge is 0.225 e. The molecule has 1 aliphatic rings. The van der Waals surface area contributed by atoms with Gasteiger partial charge in [0.15, 0.2) is 0 Å². The molecule has 1 amide bonds. The lowest BCUT2D eigenvalue weighted by atomic mass is 10.0. The molecule has 1 saturated heterocycles. The van der Waals surface area contributed by atoms with Gasteiger partial charge in [0, 0.05) is 29.7 Å². The van der Waals surface area contributed by atoms with Crippen LogP contribution in [0.1, 0.15) is 5.56 Å². The van der Waals surface area contributed by atoms with Gasteiger partial charge in [-0.15, -0.1) is 0 Å². The van der Waals surface area contributed by atoms with E-state index >= 15 is 0 Å². The van der Waals surface area contributed by atoms with Gasteiger partial charge in [0.2, 0.25) is 5.91 Å². The molecule has 3 nitrogen and oxygen atoms in total. The van der Waals surface area contributed by atoms with Crippen LogP contribution < -0.4 is 10.6 Å². The van der Waals surface area contributed by atoms with Crippen molar-refractivity contribution in [2.24, 2.45) is 5.92 Å². The fraction of sp³-hybridized carbons (Fsp3) is 0.417. The molecule has 0 spiro atoms. The van der Waals surface area contributed by atoms with E-state index in [9.17, 15) is 4.79 Å². The number of rotatable bonds is 4. The Morgan fingerprint density at radius 1 is 1.35 bits per heavy atom. The van der Waals surface area contributed by atoms with E-state index < -0.39 is 0 Å². The first kappa shape index (κ1) is 12.7. The van der Waals surface area contributed by atoms with Crippen molar-refractivity contribution in [2.75, 3.05) is 19.6 Å². The Balaban J connectivity index is 1.83. The van der Waals surface area contributed by atoms with Gasteiger partial charge in [-0.2, -0.15) is 0 Å². The molecule has 1 heterocycles. The first-order valence-electron chi connectivity index (χ1n) is 5.60. The summed E-state index contributed by atoms with van der Waals surface area (Å²) in [6, 6.07) is 5.42. The molecule has 0 aromatic heterocycles. The normalized spacial score (nSPS) is 15.4. The van der Waals surface area contributed by atoms with Crippen LogP contribution in [-0.2, 0) is 11.2 Å². The van der Waals surface area contributed by atoms with Crippen LogP contribution in [0, 0.1) is 5.92 Å². The van der Waals surface area contributed by atoms with Crippen molar-refractivity contribution in [2.45, 2.75) is 6.42 Å². The van der Waals surface area contributed by atoms with E-state index in [0.29, 0.717) is 23.0 Å². The summed E-state index contributed by atoms with van der Waals surface area (Å²) in [6.07, 6.45) is 0.657. The molecule has 92 valence electrons. The van der Waals surface area contributed by atoms with Gasteiger partial charge in [0.25, 0.3) is 0 Å². The van der Waals surface area contributed by atoms with Gasteiger partial charge < -0.3 is 10.6 Å². The summed E-state index contributed by atoms with van der Waals surface area (Å²) in [4.78, 5) is 11.6. The number of hydrogen-bond acceptors (Lipinski definition) is 2. The van der Waals surface area contributed by atoms with Crippen molar-refractivity contribution < 1.29 is 4.79 Å². The highest BCUT2D eigenvalue weighted by Gasteiger charge is 2.24. The first-order chi connectivity index (χ1) is 8.18. The largest absolute Gasteiger partial charge is 0.355 e. The molecular weight excluding hydrogens is 259 g/mol. The number of benzene rings is 1. The minimum absolute atomic E-state index is 0.104. The number of hydrogen-bond donors (Lipinski definition) is 2. The molecule has 1 aromatic rings. The van der Waals surface area contributed by atoms with Crippen LogP contribution in [0.15, 0.2) is 18.2 Å². The van der Waals surface area contributed by atoms with Crippen LogP contribution in [0.4, 0.5) is 0 Å². The third kappa shape index (κ3) is 3.12. The molecule has 0 saturated carbocycles. The average molecular weight is 273 g/mol. The maximum Gasteiger partial charge on any atom is 0.225 e. The van der Waals surface area contributed by atoms with Crippen LogP contribution in [0.5, 0.6) is 0 Å². The van der Waals surface area contributed by atoms with Gasteiger partial charge in [-0.05, 0) is 24.1 Å². The Labute approximate surface area is 110 Å². The topological polar surface area (TPSA) is 41.1 Å². The van der Waals surface area contributed by atoms with Gasteiger partial charge >= 0.3 is 0 Å². The molecule has 0 unspecified atom stereocenters. The predicted molar refractivity (Wildman–Crippen MR) is 69.5 cm³/mol. The van der Waals surface area contributed by atoms with Gasteiger partial charge in [-0.25, -0.2) is 0 Å². The summed E-state index contributed by atoms with van der Waals surface area (Å²) < 4.78 is 0. The summed E-state index contributed by atoms with van der Waals surface area (Å²) in [6.45, 7) is 2.12. The number of amides is 1. The average Bonchev–Trinajstić information content (AvgIpc) is 2.20. The monoisotopic (exact) mass is 272 g/mol. The van der Waals surface area contributed by atoms with E-state index in [0.717, 1.165) is 18.7 Å². The Bertz CT molecular complexity index is 399. The first-order valence-corrected chi connectivity index (χ1v) is 6.35. The van der Waals surface area contributed by atoms with Crippen molar-refractivity contribution in [3.8, 4) is 0 Å². The fourth-order valence-electron chi connectivity index (χ4n) is 1.70. The van der Waals surface area contributed by atoms with Crippen molar-refractivity contribution in [3.63, 3.8) is 0 Å². The summed E-state index contributed by atoms with van der Waals surface area (Å²) in [5.41, 5.74) is 0.892. The van der Waals surface area contributed by atoms with E-state index in [2.05, 4.69) is 10.6 Å². The quantitative estimate of drug-likeness (QED) is 0.879. The van der Waals surface area contributed by atoms with E-state index in [1.165, 1.54) is 0 Å². The molecule has 2 rings (SSSR count). The second kappa shape index (κ2) is 5.71. The molecule has 1 aliphatic heterocycles. The molecule has 1 aromatic carbocycles. The zero-order valence-corrected chi connectivity index (χ0v) is 10.8. The van der Waals surface area contributed by atoms with Crippen LogP contribution in [0.2, 0.25) is 10.0 Å². The second-order valence-corrected chi connectivity index (χ2v) is 4.91. The summed E-state index contributed by atoms with van der Waals surface area (Å²) >= 11 is 12.1. The molecule has 2 N–H and O–H groups in total. The van der Waals surface area contributed by atoms with Gasteiger partial charge in [0.05, 0.1) is 5.92 Å². The Hall–Kier alpha value is -0.770. The van der Waals surface area contributed by atoms with Gasteiger partial charge in [0.1, 0.15) is 0 Å². The van der Waals surface area contributed by atoms with Gasteiger partial charge in [-0.1, -0.05) is 29.3 Å². The Morgan fingerprint density at radius 3 is 2.53 bits per heavy atom. The van der Waals surface area contributed by atoms with Gasteiger partial charge in [-0.3, -0.25) is 4.79 Å². The standard InChI is InChI=1S/C12H14Cl2N2O/c13-10-2-1-3-11(14)9(10)4-5-16-12(17)8-6-15-7-8/h1-3,8,15H,4-7H2,(H,16,17). The highest BCUT2D eigenvalue weighted by molar-refractivity contribution is 6.35. The number of halogens is 2. The second-order valence-electron chi connectivity index (χ2n) is 4.10. The van der Waals surface area contributed by atoms with E-state index in [4.69, 9.17) is 23.2 Å². The zero-order chi connectivity index (χ0) is 12.3. The number of carbonyl (C=O) groups excluding carboxylic acids is 1. The molecule has 5 heteroatoms. The Kier molecular flexibility index (Phi) is 4.26. The highest BCUT2D eigenvalue weighted by atomic mass is 35.5. The maximum atomic E-state index is 11.6. The minimum atomic E-state index is 0.104. The molecule has 0 aliphatic carbocycles. The summed E-state index contributed by atoms with van der Waals surface area (Å²) in [5.74, 6) is 0.226. The lowest BCUT2D eigenvalue weighted by molar-refractivity contribution is -0.126. The maximum absolute atomic E-state index is 11.6. The predicted octanol–water partition coefficient (Wildman–Crippen LogP) is 1.87. The van der Waals surface area contributed by atoms with E-state index in [1.54, 1.807) is 12.1 Å². The van der Waals surface area contributed by atoms with Crippen molar-refractivity contribution in [3.05, 3.63) is 33.8 Å². The lowest BCUT2D eigenvalue weighted by Gasteiger charge is -2.25. The molecule has 1 fully saturated rings. The molecule has 0 atom stereocenters. The van der Waals surface area contributed by atoms with Crippen molar-refractivity contribution in [1.29, 1.82) is 0 Å². The van der Waals surface area contributed by atoms with Crippen LogP contribution >= 0.6 is 23.2 Å². The molecular formula is C12H14Cl2N2O.